The van der Waals surface area contributed by atoms with E-state index in [0.717, 1.165) is 6.54 Å². The van der Waals surface area contributed by atoms with Crippen LogP contribution < -0.4 is 5.32 Å². The van der Waals surface area contributed by atoms with Crippen molar-refractivity contribution in [3.05, 3.63) is 0 Å². The normalized spacial score (nSPS) is 22.0. The maximum absolute atomic E-state index is 8.49. The lowest BCUT2D eigenvalue weighted by molar-refractivity contribution is 0.280. The van der Waals surface area contributed by atoms with Crippen molar-refractivity contribution in [1.82, 2.24) is 5.32 Å². The molecule has 1 saturated carbocycles. The molecule has 0 unspecified atom stereocenters. The van der Waals surface area contributed by atoms with Gasteiger partial charge in [-0.3, -0.25) is 0 Å². The van der Waals surface area contributed by atoms with Gasteiger partial charge in [0.15, 0.2) is 0 Å². The fourth-order valence-electron chi connectivity index (χ4n) is 1.13. The first kappa shape index (κ1) is 7.03. The van der Waals surface area contributed by atoms with Gasteiger partial charge in [-0.15, -0.1) is 0 Å². The third kappa shape index (κ3) is 1.66. The Hall–Kier alpha value is -0.0800. The Bertz CT molecular complexity index is 88.9. The van der Waals surface area contributed by atoms with E-state index in [2.05, 4.69) is 12.2 Å². The van der Waals surface area contributed by atoms with Crippen LogP contribution in [0.25, 0.3) is 0 Å². The lowest BCUT2D eigenvalue weighted by atomic mass is 10.2. The molecule has 2 heteroatoms. The predicted octanol–water partition coefficient (Wildman–Crippen LogP) is 0.511. The van der Waals surface area contributed by atoms with Crippen LogP contribution in [0, 0.1) is 0 Å². The fourth-order valence-corrected chi connectivity index (χ4v) is 1.13. The van der Waals surface area contributed by atoms with E-state index in [9.17, 15) is 0 Å². The van der Waals surface area contributed by atoms with Gasteiger partial charge in [-0.05, 0) is 19.3 Å². The molecule has 1 aliphatic carbocycles. The monoisotopic (exact) mass is 129 g/mol. The molecule has 2 N–H and O–H groups in total. The number of rotatable bonds is 4. The molecule has 0 atom stereocenters. The molecule has 0 heterocycles. The van der Waals surface area contributed by atoms with Crippen LogP contribution in [0.15, 0.2) is 0 Å². The second kappa shape index (κ2) is 2.67. The summed E-state index contributed by atoms with van der Waals surface area (Å²) in [6.45, 7) is 3.22. The summed E-state index contributed by atoms with van der Waals surface area (Å²) in [5.74, 6) is 0. The summed E-state index contributed by atoms with van der Waals surface area (Å²) in [7, 11) is 0. The zero-order valence-corrected chi connectivity index (χ0v) is 5.98. The molecule has 54 valence electrons. The highest BCUT2D eigenvalue weighted by molar-refractivity contribution is 5.00. The number of aliphatic hydroxyl groups excluding tert-OH is 1. The van der Waals surface area contributed by atoms with E-state index < -0.39 is 0 Å². The molecule has 9 heavy (non-hydrogen) atoms. The molecule has 0 aromatic carbocycles. The molecule has 0 amide bonds. The van der Waals surface area contributed by atoms with Gasteiger partial charge in [-0.25, -0.2) is 0 Å². The third-order valence-electron chi connectivity index (χ3n) is 2.14. The van der Waals surface area contributed by atoms with Crippen LogP contribution in [0.4, 0.5) is 0 Å². The largest absolute Gasteiger partial charge is 0.395 e. The molecule has 1 fully saturated rings. The second-order valence-corrected chi connectivity index (χ2v) is 2.78. The van der Waals surface area contributed by atoms with Gasteiger partial charge in [0, 0.05) is 12.1 Å². The van der Waals surface area contributed by atoms with Crippen LogP contribution in [0.5, 0.6) is 0 Å². The third-order valence-corrected chi connectivity index (χ3v) is 2.14. The lowest BCUT2D eigenvalue weighted by Crippen LogP contribution is -2.32. The molecule has 2 nitrogen and oxygen atoms in total. The number of nitrogens with one attached hydrogen (secondary N) is 1. The average molecular weight is 129 g/mol. The zero-order chi connectivity index (χ0) is 6.74. The molecule has 0 bridgehead atoms. The highest BCUT2D eigenvalue weighted by Gasteiger charge is 2.39. The van der Waals surface area contributed by atoms with E-state index in [1.54, 1.807) is 0 Å². The van der Waals surface area contributed by atoms with Gasteiger partial charge in [0.1, 0.15) is 0 Å². The Labute approximate surface area is 56.3 Å². The van der Waals surface area contributed by atoms with Crippen LogP contribution in [0.2, 0.25) is 0 Å². The molecule has 1 rings (SSSR count). The first-order valence-corrected chi connectivity index (χ1v) is 3.69. The Morgan fingerprint density at radius 3 is 2.56 bits per heavy atom. The molecular weight excluding hydrogens is 114 g/mol. The van der Waals surface area contributed by atoms with E-state index >= 15 is 0 Å². The topological polar surface area (TPSA) is 32.3 Å². The Morgan fingerprint density at radius 2 is 2.22 bits per heavy atom. The first-order valence-electron chi connectivity index (χ1n) is 3.69. The quantitative estimate of drug-likeness (QED) is 0.579. The van der Waals surface area contributed by atoms with Gasteiger partial charge < -0.3 is 10.4 Å². The van der Waals surface area contributed by atoms with Crippen LogP contribution in [-0.4, -0.2) is 23.8 Å². The molecule has 1 aliphatic rings. The molecule has 0 aromatic rings. The number of β-amino-alcohol motifs (C(OH)–C–C–N with tert-alkyl or cyclic N) is 1. The van der Waals surface area contributed by atoms with Crippen molar-refractivity contribution in [3.63, 3.8) is 0 Å². The highest BCUT2D eigenvalue weighted by Crippen LogP contribution is 2.37. The van der Waals surface area contributed by atoms with Crippen molar-refractivity contribution < 1.29 is 5.11 Å². The number of hydrogen-bond acceptors (Lipinski definition) is 2. The Kier molecular flexibility index (Phi) is 2.09. The van der Waals surface area contributed by atoms with E-state index in [1.165, 1.54) is 19.3 Å². The zero-order valence-electron chi connectivity index (χ0n) is 5.98. The molecule has 0 spiro atoms. The Balaban J connectivity index is 2.10. The summed E-state index contributed by atoms with van der Waals surface area (Å²) in [6, 6.07) is 0. The van der Waals surface area contributed by atoms with Crippen LogP contribution >= 0.6 is 0 Å². The average Bonchev–Trinajstić information content (AvgIpc) is 2.65. The van der Waals surface area contributed by atoms with E-state index in [-0.39, 0.29) is 6.61 Å². The summed E-state index contributed by atoms with van der Waals surface area (Å²) in [6.07, 6.45) is 3.79. The first-order chi connectivity index (χ1) is 4.33. The molecule has 0 radical (unpaired) electrons. The summed E-state index contributed by atoms with van der Waals surface area (Å²) in [4.78, 5) is 0. The summed E-state index contributed by atoms with van der Waals surface area (Å²) in [5.41, 5.74) is 0.433. The van der Waals surface area contributed by atoms with E-state index in [0.29, 0.717) is 5.54 Å². The van der Waals surface area contributed by atoms with Gasteiger partial charge in [-0.1, -0.05) is 6.92 Å². The van der Waals surface area contributed by atoms with Gasteiger partial charge in [-0.2, -0.15) is 0 Å². The smallest absolute Gasteiger partial charge is 0.0556 e. The minimum Gasteiger partial charge on any atom is -0.395 e. The van der Waals surface area contributed by atoms with E-state index in [1.807, 2.05) is 0 Å². The van der Waals surface area contributed by atoms with Crippen LogP contribution in [0.3, 0.4) is 0 Å². The SMILES string of the molecule is CCC1(NCCO)CC1. The Morgan fingerprint density at radius 1 is 1.56 bits per heavy atom. The minimum atomic E-state index is 0.266. The van der Waals surface area contributed by atoms with Crippen molar-refractivity contribution in [2.75, 3.05) is 13.2 Å². The molecule has 0 aromatic heterocycles. The predicted molar refractivity (Wildman–Crippen MR) is 37.3 cm³/mol. The maximum Gasteiger partial charge on any atom is 0.0556 e. The highest BCUT2D eigenvalue weighted by atomic mass is 16.3. The van der Waals surface area contributed by atoms with Crippen LogP contribution in [0.1, 0.15) is 26.2 Å². The van der Waals surface area contributed by atoms with Gasteiger partial charge in [0.05, 0.1) is 6.61 Å². The summed E-state index contributed by atoms with van der Waals surface area (Å²) < 4.78 is 0. The van der Waals surface area contributed by atoms with Crippen molar-refractivity contribution in [2.45, 2.75) is 31.7 Å². The lowest BCUT2D eigenvalue weighted by Gasteiger charge is -2.12. The number of hydrogen-bond donors (Lipinski definition) is 2. The fraction of sp³-hybridized carbons (Fsp3) is 1.00. The second-order valence-electron chi connectivity index (χ2n) is 2.78. The van der Waals surface area contributed by atoms with Crippen molar-refractivity contribution >= 4 is 0 Å². The van der Waals surface area contributed by atoms with Crippen molar-refractivity contribution in [1.29, 1.82) is 0 Å². The van der Waals surface area contributed by atoms with Crippen LogP contribution in [-0.2, 0) is 0 Å². The van der Waals surface area contributed by atoms with Crippen molar-refractivity contribution in [2.24, 2.45) is 0 Å². The van der Waals surface area contributed by atoms with Gasteiger partial charge >= 0.3 is 0 Å². The van der Waals surface area contributed by atoms with Crippen molar-refractivity contribution in [3.8, 4) is 0 Å². The molecular formula is C7H15NO. The summed E-state index contributed by atoms with van der Waals surface area (Å²) >= 11 is 0. The molecule has 0 aliphatic heterocycles. The van der Waals surface area contributed by atoms with Gasteiger partial charge in [0.25, 0.3) is 0 Å². The minimum absolute atomic E-state index is 0.266. The number of aliphatic hydroxyl groups is 1. The maximum atomic E-state index is 8.49. The standard InChI is InChI=1S/C7H15NO/c1-2-7(3-4-7)8-5-6-9/h8-9H,2-6H2,1H3. The molecule has 0 saturated heterocycles. The van der Waals surface area contributed by atoms with Gasteiger partial charge in [0.2, 0.25) is 0 Å². The van der Waals surface area contributed by atoms with E-state index in [4.69, 9.17) is 5.11 Å². The summed E-state index contributed by atoms with van der Waals surface area (Å²) in [5, 5.41) is 11.8.